The van der Waals surface area contributed by atoms with E-state index >= 15 is 0 Å². The van der Waals surface area contributed by atoms with E-state index in [4.69, 9.17) is 5.73 Å². The SMILES string of the molecule is CC(C)C(C)(NCC(=O)NC(C)(C)C)C(N)=O. The molecule has 0 saturated heterocycles. The molecule has 17 heavy (non-hydrogen) atoms. The predicted octanol–water partition coefficient (Wildman–Crippen LogP) is 0.391. The first-order chi connectivity index (χ1) is 7.49. The minimum Gasteiger partial charge on any atom is -0.368 e. The molecule has 0 rings (SSSR count). The Bertz CT molecular complexity index is 295. The topological polar surface area (TPSA) is 84.2 Å². The van der Waals surface area contributed by atoms with Crippen molar-refractivity contribution in [2.45, 2.75) is 52.6 Å². The highest BCUT2D eigenvalue weighted by Gasteiger charge is 2.34. The lowest BCUT2D eigenvalue weighted by atomic mass is 9.87. The Morgan fingerprint density at radius 1 is 1.18 bits per heavy atom. The minimum absolute atomic E-state index is 0.0161. The molecule has 0 aliphatic rings. The Balaban J connectivity index is 4.44. The monoisotopic (exact) mass is 243 g/mol. The van der Waals surface area contributed by atoms with Gasteiger partial charge < -0.3 is 11.1 Å². The van der Waals surface area contributed by atoms with Gasteiger partial charge in [-0.3, -0.25) is 14.9 Å². The summed E-state index contributed by atoms with van der Waals surface area (Å²) in [5.74, 6) is -0.580. The van der Waals surface area contributed by atoms with Crippen LogP contribution >= 0.6 is 0 Å². The quantitative estimate of drug-likeness (QED) is 0.653. The number of hydrogen-bond donors (Lipinski definition) is 3. The second kappa shape index (κ2) is 5.49. The van der Waals surface area contributed by atoms with E-state index in [1.54, 1.807) is 6.92 Å². The van der Waals surface area contributed by atoms with E-state index in [1.807, 2.05) is 34.6 Å². The van der Waals surface area contributed by atoms with Crippen molar-refractivity contribution < 1.29 is 9.59 Å². The van der Waals surface area contributed by atoms with Gasteiger partial charge in [0.25, 0.3) is 0 Å². The van der Waals surface area contributed by atoms with Crippen LogP contribution in [0.5, 0.6) is 0 Å². The van der Waals surface area contributed by atoms with Crippen molar-refractivity contribution in [1.29, 1.82) is 0 Å². The van der Waals surface area contributed by atoms with Gasteiger partial charge in [-0.15, -0.1) is 0 Å². The number of hydrogen-bond acceptors (Lipinski definition) is 3. The first-order valence-electron chi connectivity index (χ1n) is 5.85. The van der Waals surface area contributed by atoms with Gasteiger partial charge in [0.1, 0.15) is 0 Å². The molecule has 0 fully saturated rings. The third kappa shape index (κ3) is 5.17. The van der Waals surface area contributed by atoms with Gasteiger partial charge in [0.15, 0.2) is 0 Å². The summed E-state index contributed by atoms with van der Waals surface area (Å²) in [4.78, 5) is 23.0. The van der Waals surface area contributed by atoms with Gasteiger partial charge in [-0.1, -0.05) is 13.8 Å². The Morgan fingerprint density at radius 3 is 1.94 bits per heavy atom. The van der Waals surface area contributed by atoms with Crippen LogP contribution in [0.1, 0.15) is 41.5 Å². The molecule has 0 aromatic heterocycles. The molecule has 4 N–H and O–H groups in total. The van der Waals surface area contributed by atoms with Gasteiger partial charge >= 0.3 is 0 Å². The fourth-order valence-electron chi connectivity index (χ4n) is 1.30. The number of carbonyl (C=O) groups excluding carboxylic acids is 2. The summed E-state index contributed by atoms with van der Waals surface area (Å²) in [6, 6.07) is 0. The number of carbonyl (C=O) groups is 2. The van der Waals surface area contributed by atoms with E-state index in [-0.39, 0.29) is 23.9 Å². The first kappa shape index (κ1) is 15.9. The van der Waals surface area contributed by atoms with Gasteiger partial charge in [0.2, 0.25) is 11.8 Å². The molecule has 0 saturated carbocycles. The zero-order valence-electron chi connectivity index (χ0n) is 11.7. The second-order valence-electron chi connectivity index (χ2n) is 5.87. The van der Waals surface area contributed by atoms with Crippen LogP contribution < -0.4 is 16.4 Å². The lowest BCUT2D eigenvalue weighted by Gasteiger charge is -2.32. The molecule has 100 valence electrons. The maximum atomic E-state index is 11.6. The second-order valence-corrected chi connectivity index (χ2v) is 5.87. The van der Waals surface area contributed by atoms with Crippen LogP contribution in [0.15, 0.2) is 0 Å². The summed E-state index contributed by atoms with van der Waals surface area (Å²) in [6.45, 7) is 11.3. The van der Waals surface area contributed by atoms with E-state index < -0.39 is 11.4 Å². The van der Waals surface area contributed by atoms with E-state index in [1.165, 1.54) is 0 Å². The maximum Gasteiger partial charge on any atom is 0.237 e. The van der Waals surface area contributed by atoms with Crippen molar-refractivity contribution in [2.75, 3.05) is 6.54 Å². The molecule has 2 amide bonds. The Morgan fingerprint density at radius 2 is 1.65 bits per heavy atom. The molecule has 0 radical (unpaired) electrons. The summed E-state index contributed by atoms with van der Waals surface area (Å²) < 4.78 is 0. The highest BCUT2D eigenvalue weighted by Crippen LogP contribution is 2.15. The number of primary amides is 1. The van der Waals surface area contributed by atoms with Crippen molar-refractivity contribution in [2.24, 2.45) is 11.7 Å². The molecule has 1 atom stereocenters. The summed E-state index contributed by atoms with van der Waals surface area (Å²) in [5, 5.41) is 5.75. The predicted molar refractivity (Wildman–Crippen MR) is 68.3 cm³/mol. The summed E-state index contributed by atoms with van der Waals surface area (Å²) in [5.41, 5.74) is 4.21. The summed E-state index contributed by atoms with van der Waals surface area (Å²) >= 11 is 0. The third-order valence-electron chi connectivity index (χ3n) is 2.80. The molecule has 0 bridgehead atoms. The number of nitrogens with one attached hydrogen (secondary N) is 2. The molecular formula is C12H25N3O2. The molecule has 5 heteroatoms. The lowest BCUT2D eigenvalue weighted by molar-refractivity contribution is -0.126. The Kier molecular flexibility index (Phi) is 5.13. The summed E-state index contributed by atoms with van der Waals surface area (Å²) in [6.07, 6.45) is 0. The molecule has 5 nitrogen and oxygen atoms in total. The zero-order chi connectivity index (χ0) is 13.9. The number of amides is 2. The van der Waals surface area contributed by atoms with Crippen molar-refractivity contribution >= 4 is 11.8 Å². The standard InChI is InChI=1S/C12H25N3O2/c1-8(2)12(6,10(13)17)14-7-9(16)15-11(3,4)5/h8,14H,7H2,1-6H3,(H2,13,17)(H,15,16). The van der Waals surface area contributed by atoms with Gasteiger partial charge in [-0.2, -0.15) is 0 Å². The third-order valence-corrected chi connectivity index (χ3v) is 2.80. The fourth-order valence-corrected chi connectivity index (χ4v) is 1.30. The van der Waals surface area contributed by atoms with Crippen molar-refractivity contribution in [3.63, 3.8) is 0 Å². The fraction of sp³-hybridized carbons (Fsp3) is 0.833. The molecule has 0 aromatic carbocycles. The van der Waals surface area contributed by atoms with Crippen LogP contribution in [0.25, 0.3) is 0 Å². The van der Waals surface area contributed by atoms with Crippen LogP contribution in [0.3, 0.4) is 0 Å². The first-order valence-corrected chi connectivity index (χ1v) is 5.85. The molecule has 0 aliphatic heterocycles. The van der Waals surface area contributed by atoms with E-state index in [0.717, 1.165) is 0 Å². The maximum absolute atomic E-state index is 11.6. The summed E-state index contributed by atoms with van der Waals surface area (Å²) in [7, 11) is 0. The zero-order valence-corrected chi connectivity index (χ0v) is 11.7. The average molecular weight is 243 g/mol. The highest BCUT2D eigenvalue weighted by molar-refractivity contribution is 5.86. The molecule has 1 unspecified atom stereocenters. The van der Waals surface area contributed by atoms with Gasteiger partial charge in [0.05, 0.1) is 12.1 Å². The van der Waals surface area contributed by atoms with E-state index in [0.29, 0.717) is 0 Å². The van der Waals surface area contributed by atoms with Crippen LogP contribution in [0.4, 0.5) is 0 Å². The van der Waals surface area contributed by atoms with Crippen molar-refractivity contribution in [3.05, 3.63) is 0 Å². The smallest absolute Gasteiger partial charge is 0.237 e. The number of rotatable bonds is 5. The van der Waals surface area contributed by atoms with E-state index in [9.17, 15) is 9.59 Å². The highest BCUT2D eigenvalue weighted by atomic mass is 16.2. The average Bonchev–Trinajstić information content (AvgIpc) is 2.10. The molecule has 0 spiro atoms. The van der Waals surface area contributed by atoms with Crippen molar-refractivity contribution in [1.82, 2.24) is 10.6 Å². The van der Waals surface area contributed by atoms with Crippen molar-refractivity contribution in [3.8, 4) is 0 Å². The van der Waals surface area contributed by atoms with Gasteiger partial charge in [0, 0.05) is 5.54 Å². The van der Waals surface area contributed by atoms with E-state index in [2.05, 4.69) is 10.6 Å². The van der Waals surface area contributed by atoms with Crippen LogP contribution in [0.2, 0.25) is 0 Å². The molecule has 0 aliphatic carbocycles. The molecule has 0 aromatic rings. The normalized spacial score (nSPS) is 15.5. The molecule has 0 heterocycles. The van der Waals surface area contributed by atoms with Crippen LogP contribution in [-0.4, -0.2) is 29.4 Å². The van der Waals surface area contributed by atoms with Gasteiger partial charge in [-0.05, 0) is 33.6 Å². The van der Waals surface area contributed by atoms with Crippen LogP contribution in [0, 0.1) is 5.92 Å². The minimum atomic E-state index is -0.866. The Labute approximate surface area is 104 Å². The Hall–Kier alpha value is -1.10. The van der Waals surface area contributed by atoms with Crippen LogP contribution in [-0.2, 0) is 9.59 Å². The largest absolute Gasteiger partial charge is 0.368 e. The number of nitrogens with two attached hydrogens (primary N) is 1. The lowest BCUT2D eigenvalue weighted by Crippen LogP contribution is -2.59. The molecular weight excluding hydrogens is 218 g/mol. The van der Waals surface area contributed by atoms with Gasteiger partial charge in [-0.25, -0.2) is 0 Å².